The van der Waals surface area contributed by atoms with E-state index in [9.17, 15) is 19.8 Å². The Balaban J connectivity index is 3.42. The molecule has 0 bridgehead atoms. The summed E-state index contributed by atoms with van der Waals surface area (Å²) in [6, 6.07) is -0.545. The number of carbonyl (C=O) groups excluding carboxylic acids is 2. The third-order valence-electron chi connectivity index (χ3n) is 13.2. The van der Waals surface area contributed by atoms with Gasteiger partial charge in [0.15, 0.2) is 0 Å². The van der Waals surface area contributed by atoms with Crippen LogP contribution >= 0.6 is 0 Å². The van der Waals surface area contributed by atoms with Crippen molar-refractivity contribution in [2.75, 3.05) is 13.2 Å². The van der Waals surface area contributed by atoms with E-state index < -0.39 is 12.1 Å². The first-order chi connectivity index (χ1) is 30.0. The number of hydrogen-bond acceptors (Lipinski definition) is 5. The quantitative estimate of drug-likeness (QED) is 0.0418. The highest BCUT2D eigenvalue weighted by Gasteiger charge is 2.20. The molecule has 0 rings (SSSR count). The summed E-state index contributed by atoms with van der Waals surface area (Å²) in [6.45, 7) is 4.96. The largest absolute Gasteiger partial charge is 0.466 e. The van der Waals surface area contributed by atoms with Gasteiger partial charge in [-0.05, 0) is 25.7 Å². The third-order valence-corrected chi connectivity index (χ3v) is 13.2. The summed E-state index contributed by atoms with van der Waals surface area (Å²) in [6.07, 6.45) is 57.9. The van der Waals surface area contributed by atoms with E-state index in [2.05, 4.69) is 19.2 Å². The molecule has 0 fully saturated rings. The molecule has 2 unspecified atom stereocenters. The number of rotatable bonds is 52. The molecule has 0 aromatic heterocycles. The standard InChI is InChI=1S/C55H109NO5/c1-3-5-7-9-11-13-15-16-17-18-21-24-28-31-35-39-43-47-53(58)52(51-57)56-54(59)48-44-40-36-32-29-25-22-19-20-23-26-30-34-38-42-46-50-61-55(60)49-45-41-37-33-27-14-12-10-8-6-4-2/h52-53,57-58H,3-51H2,1-2H3,(H,56,59). The zero-order valence-corrected chi connectivity index (χ0v) is 41.4. The zero-order chi connectivity index (χ0) is 44.4. The molecule has 0 aromatic carbocycles. The molecule has 6 nitrogen and oxygen atoms in total. The summed E-state index contributed by atoms with van der Waals surface area (Å²) in [4.78, 5) is 24.5. The highest BCUT2D eigenvalue weighted by Crippen LogP contribution is 2.18. The number of unbranched alkanes of at least 4 members (excludes halogenated alkanes) is 41. The Morgan fingerprint density at radius 2 is 0.672 bits per heavy atom. The first-order valence-corrected chi connectivity index (χ1v) is 27.8. The maximum Gasteiger partial charge on any atom is 0.305 e. The fourth-order valence-electron chi connectivity index (χ4n) is 8.88. The summed E-state index contributed by atoms with van der Waals surface area (Å²) in [7, 11) is 0. The van der Waals surface area contributed by atoms with Gasteiger partial charge in [0, 0.05) is 12.8 Å². The summed E-state index contributed by atoms with van der Waals surface area (Å²) >= 11 is 0. The van der Waals surface area contributed by atoms with Gasteiger partial charge in [-0.1, -0.05) is 277 Å². The van der Waals surface area contributed by atoms with Crippen LogP contribution in [0.1, 0.15) is 316 Å². The van der Waals surface area contributed by atoms with Gasteiger partial charge in [-0.3, -0.25) is 9.59 Å². The normalized spacial score (nSPS) is 12.5. The summed E-state index contributed by atoms with van der Waals surface area (Å²) in [5, 5.41) is 23.3. The highest BCUT2D eigenvalue weighted by atomic mass is 16.5. The minimum atomic E-state index is -0.667. The molecular formula is C55H109NO5. The Hall–Kier alpha value is -1.14. The van der Waals surface area contributed by atoms with Gasteiger partial charge >= 0.3 is 5.97 Å². The van der Waals surface area contributed by atoms with Crippen molar-refractivity contribution >= 4 is 11.9 Å². The molecule has 0 spiro atoms. The van der Waals surface area contributed by atoms with E-state index in [4.69, 9.17) is 4.74 Å². The molecule has 0 saturated carbocycles. The monoisotopic (exact) mass is 864 g/mol. The van der Waals surface area contributed by atoms with Crippen molar-refractivity contribution in [3.63, 3.8) is 0 Å². The lowest BCUT2D eigenvalue weighted by atomic mass is 10.0. The van der Waals surface area contributed by atoms with E-state index in [1.54, 1.807) is 0 Å². The summed E-state index contributed by atoms with van der Waals surface area (Å²) in [5.74, 6) is -0.0350. The van der Waals surface area contributed by atoms with Crippen LogP contribution in [0.3, 0.4) is 0 Å². The van der Waals surface area contributed by atoms with Gasteiger partial charge in [-0.2, -0.15) is 0 Å². The van der Waals surface area contributed by atoms with Gasteiger partial charge in [0.1, 0.15) is 0 Å². The third kappa shape index (κ3) is 48.2. The van der Waals surface area contributed by atoms with Crippen molar-refractivity contribution in [2.45, 2.75) is 328 Å². The summed E-state index contributed by atoms with van der Waals surface area (Å²) in [5.41, 5.74) is 0. The van der Waals surface area contributed by atoms with E-state index in [0.29, 0.717) is 25.9 Å². The summed E-state index contributed by atoms with van der Waals surface area (Å²) < 4.78 is 5.46. The molecule has 6 heteroatoms. The Kier molecular flexibility index (Phi) is 50.5. The fraction of sp³-hybridized carbons (Fsp3) is 0.964. The van der Waals surface area contributed by atoms with Crippen LogP contribution in [-0.2, 0) is 14.3 Å². The number of aliphatic hydroxyl groups is 2. The van der Waals surface area contributed by atoms with Crippen LogP contribution in [-0.4, -0.2) is 47.4 Å². The molecule has 0 aliphatic carbocycles. The van der Waals surface area contributed by atoms with Crippen molar-refractivity contribution in [3.8, 4) is 0 Å². The van der Waals surface area contributed by atoms with E-state index in [0.717, 1.165) is 44.9 Å². The smallest absolute Gasteiger partial charge is 0.305 e. The molecule has 1 amide bonds. The maximum atomic E-state index is 12.5. The molecule has 364 valence electrons. The number of esters is 1. The average molecular weight is 864 g/mol. The van der Waals surface area contributed by atoms with Crippen molar-refractivity contribution in [1.29, 1.82) is 0 Å². The molecular weight excluding hydrogens is 755 g/mol. The van der Waals surface area contributed by atoms with Gasteiger partial charge in [-0.25, -0.2) is 0 Å². The van der Waals surface area contributed by atoms with Crippen LogP contribution in [0.2, 0.25) is 0 Å². The molecule has 0 saturated heterocycles. The highest BCUT2D eigenvalue weighted by molar-refractivity contribution is 5.76. The number of ether oxygens (including phenoxy) is 1. The molecule has 2 atom stereocenters. The van der Waals surface area contributed by atoms with Crippen LogP contribution in [0, 0.1) is 0 Å². The van der Waals surface area contributed by atoms with Crippen LogP contribution < -0.4 is 5.32 Å². The van der Waals surface area contributed by atoms with E-state index in [-0.39, 0.29) is 18.5 Å². The second-order valence-electron chi connectivity index (χ2n) is 19.3. The Bertz CT molecular complexity index is 867. The van der Waals surface area contributed by atoms with Crippen LogP contribution in [0.5, 0.6) is 0 Å². The molecule has 0 aliphatic rings. The SMILES string of the molecule is CCCCCCCCCCCCCCCCCCCC(O)C(CO)NC(=O)CCCCCCCCCCCCCCCCCCOC(=O)CCCCCCCCCCCCC. The number of hydrogen-bond donors (Lipinski definition) is 3. The number of amides is 1. The first kappa shape index (κ1) is 59.9. The first-order valence-electron chi connectivity index (χ1n) is 27.8. The Morgan fingerprint density at radius 1 is 0.393 bits per heavy atom. The molecule has 0 aliphatic heterocycles. The minimum absolute atomic E-state index is 0.00373. The molecule has 0 aromatic rings. The number of aliphatic hydroxyl groups excluding tert-OH is 2. The molecule has 0 radical (unpaired) electrons. The van der Waals surface area contributed by atoms with Crippen molar-refractivity contribution in [1.82, 2.24) is 5.32 Å². The van der Waals surface area contributed by atoms with Gasteiger partial charge in [0.2, 0.25) is 5.91 Å². The Morgan fingerprint density at radius 3 is 1.00 bits per heavy atom. The molecule has 3 N–H and O–H groups in total. The van der Waals surface area contributed by atoms with Gasteiger partial charge in [0.25, 0.3) is 0 Å². The van der Waals surface area contributed by atoms with Crippen molar-refractivity contribution < 1.29 is 24.5 Å². The maximum absolute atomic E-state index is 12.5. The van der Waals surface area contributed by atoms with E-state index in [1.807, 2.05) is 0 Å². The van der Waals surface area contributed by atoms with Crippen molar-refractivity contribution in [2.24, 2.45) is 0 Å². The Labute approximate surface area is 381 Å². The van der Waals surface area contributed by atoms with Crippen LogP contribution in [0.25, 0.3) is 0 Å². The predicted octanol–water partition coefficient (Wildman–Crippen LogP) is 16.7. The van der Waals surface area contributed by atoms with Gasteiger partial charge in [-0.15, -0.1) is 0 Å². The lowest BCUT2D eigenvalue weighted by Gasteiger charge is -2.22. The molecule has 0 heterocycles. The zero-order valence-electron chi connectivity index (χ0n) is 41.4. The van der Waals surface area contributed by atoms with Gasteiger partial charge < -0.3 is 20.3 Å². The number of nitrogens with one attached hydrogen (secondary N) is 1. The predicted molar refractivity (Wildman–Crippen MR) is 264 cm³/mol. The molecule has 61 heavy (non-hydrogen) atoms. The average Bonchev–Trinajstić information content (AvgIpc) is 3.26. The lowest BCUT2D eigenvalue weighted by molar-refractivity contribution is -0.143. The fourth-order valence-corrected chi connectivity index (χ4v) is 8.88. The van der Waals surface area contributed by atoms with Crippen molar-refractivity contribution in [3.05, 3.63) is 0 Å². The van der Waals surface area contributed by atoms with Gasteiger partial charge in [0.05, 0.1) is 25.4 Å². The number of carbonyl (C=O) groups is 2. The topological polar surface area (TPSA) is 95.9 Å². The van der Waals surface area contributed by atoms with Crippen LogP contribution in [0.4, 0.5) is 0 Å². The second kappa shape index (κ2) is 51.5. The minimum Gasteiger partial charge on any atom is -0.466 e. The van der Waals surface area contributed by atoms with E-state index in [1.165, 1.54) is 238 Å². The lowest BCUT2D eigenvalue weighted by Crippen LogP contribution is -2.45. The van der Waals surface area contributed by atoms with E-state index >= 15 is 0 Å². The van der Waals surface area contributed by atoms with Crippen LogP contribution in [0.15, 0.2) is 0 Å². The second-order valence-corrected chi connectivity index (χ2v) is 19.3.